The Morgan fingerprint density at radius 3 is 2.27 bits per heavy atom. The van der Waals surface area contributed by atoms with E-state index in [9.17, 15) is 13.6 Å². The largest absolute Gasteiger partial charge is 0.294 e. The molecule has 0 spiro atoms. The van der Waals surface area contributed by atoms with Crippen molar-refractivity contribution in [2.45, 2.75) is 19.8 Å². The molecule has 1 rings (SSSR count). The van der Waals surface area contributed by atoms with E-state index in [1.807, 2.05) is 0 Å². The van der Waals surface area contributed by atoms with Crippen molar-refractivity contribution in [2.24, 2.45) is 0 Å². The second-order valence-electron chi connectivity index (χ2n) is 3.48. The summed E-state index contributed by atoms with van der Waals surface area (Å²) in [5, 5.41) is 0. The Morgan fingerprint density at radius 1 is 1.27 bits per heavy atom. The molecule has 0 aliphatic heterocycles. The predicted molar refractivity (Wildman–Crippen MR) is 54.7 cm³/mol. The van der Waals surface area contributed by atoms with Gasteiger partial charge in [0.15, 0.2) is 5.78 Å². The number of Topliss-reactive ketones (excluding diaryl/α,β-unsaturated/α-hetero) is 1. The summed E-state index contributed by atoms with van der Waals surface area (Å²) in [4.78, 5) is 11.5. The number of halogens is 2. The molecule has 0 bridgehead atoms. The van der Waals surface area contributed by atoms with Crippen LogP contribution in [0.4, 0.5) is 8.78 Å². The van der Waals surface area contributed by atoms with Crippen LogP contribution in [0.15, 0.2) is 30.4 Å². The SMILES string of the molecule is C=C(C)CCC(=O)c1c(F)cccc1F. The van der Waals surface area contributed by atoms with Crippen LogP contribution < -0.4 is 0 Å². The Morgan fingerprint density at radius 2 is 1.80 bits per heavy atom. The minimum atomic E-state index is -0.804. The number of benzene rings is 1. The molecule has 0 aromatic heterocycles. The molecular weight excluding hydrogens is 198 g/mol. The third-order valence-corrected chi connectivity index (χ3v) is 2.02. The van der Waals surface area contributed by atoms with Crippen LogP contribution in [-0.4, -0.2) is 5.78 Å². The lowest BCUT2D eigenvalue weighted by Crippen LogP contribution is -2.05. The zero-order valence-electron chi connectivity index (χ0n) is 8.52. The molecule has 0 N–H and O–H groups in total. The fourth-order valence-corrected chi connectivity index (χ4v) is 1.22. The van der Waals surface area contributed by atoms with Gasteiger partial charge in [0.05, 0.1) is 5.56 Å². The van der Waals surface area contributed by atoms with Gasteiger partial charge in [-0.3, -0.25) is 4.79 Å². The summed E-state index contributed by atoms with van der Waals surface area (Å²) in [6.07, 6.45) is 0.541. The highest BCUT2D eigenvalue weighted by atomic mass is 19.1. The number of hydrogen-bond acceptors (Lipinski definition) is 1. The smallest absolute Gasteiger partial charge is 0.169 e. The summed E-state index contributed by atoms with van der Waals surface area (Å²) < 4.78 is 26.3. The van der Waals surface area contributed by atoms with E-state index in [-0.39, 0.29) is 6.42 Å². The van der Waals surface area contributed by atoms with Crippen LogP contribution in [0.3, 0.4) is 0 Å². The number of ketones is 1. The Bertz CT molecular complexity index is 376. The number of carbonyl (C=O) groups excluding carboxylic acids is 1. The number of carbonyl (C=O) groups is 1. The summed E-state index contributed by atoms with van der Waals surface area (Å²) in [5.74, 6) is -2.13. The lowest BCUT2D eigenvalue weighted by atomic mass is 10.0. The topological polar surface area (TPSA) is 17.1 Å². The fraction of sp³-hybridized carbons (Fsp3) is 0.250. The van der Waals surface area contributed by atoms with Gasteiger partial charge in [-0.05, 0) is 25.5 Å². The summed E-state index contributed by atoms with van der Waals surface area (Å²) in [7, 11) is 0. The van der Waals surface area contributed by atoms with Gasteiger partial charge in [0.1, 0.15) is 11.6 Å². The van der Waals surface area contributed by atoms with Gasteiger partial charge in [-0.2, -0.15) is 0 Å². The molecule has 0 saturated carbocycles. The van der Waals surface area contributed by atoms with Gasteiger partial charge in [0.25, 0.3) is 0 Å². The zero-order valence-corrected chi connectivity index (χ0v) is 8.52. The van der Waals surface area contributed by atoms with Crippen LogP contribution in [0, 0.1) is 11.6 Å². The van der Waals surface area contributed by atoms with Gasteiger partial charge in [0.2, 0.25) is 0 Å². The van der Waals surface area contributed by atoms with E-state index < -0.39 is 23.0 Å². The average Bonchev–Trinajstić information content (AvgIpc) is 2.14. The molecule has 0 radical (unpaired) electrons. The van der Waals surface area contributed by atoms with Crippen molar-refractivity contribution in [3.8, 4) is 0 Å². The van der Waals surface area contributed by atoms with Crippen LogP contribution in [0.25, 0.3) is 0 Å². The average molecular weight is 210 g/mol. The second-order valence-corrected chi connectivity index (χ2v) is 3.48. The molecule has 15 heavy (non-hydrogen) atoms. The molecule has 1 aromatic rings. The molecule has 0 saturated heterocycles. The maximum absolute atomic E-state index is 13.1. The van der Waals surface area contributed by atoms with E-state index >= 15 is 0 Å². The molecule has 0 unspecified atom stereocenters. The van der Waals surface area contributed by atoms with Gasteiger partial charge in [-0.25, -0.2) is 8.78 Å². The van der Waals surface area contributed by atoms with Crippen LogP contribution in [0.5, 0.6) is 0 Å². The van der Waals surface area contributed by atoms with Crippen molar-refractivity contribution in [3.63, 3.8) is 0 Å². The molecule has 3 heteroatoms. The molecule has 0 aliphatic rings. The predicted octanol–water partition coefficient (Wildman–Crippen LogP) is 3.50. The maximum Gasteiger partial charge on any atom is 0.169 e. The number of allylic oxidation sites excluding steroid dienone is 1. The number of hydrogen-bond donors (Lipinski definition) is 0. The van der Waals surface area contributed by atoms with E-state index in [4.69, 9.17) is 0 Å². The number of rotatable bonds is 4. The normalized spacial score (nSPS) is 10.1. The van der Waals surface area contributed by atoms with Gasteiger partial charge in [-0.15, -0.1) is 6.58 Å². The van der Waals surface area contributed by atoms with E-state index in [1.54, 1.807) is 6.92 Å². The minimum Gasteiger partial charge on any atom is -0.294 e. The third kappa shape index (κ3) is 2.98. The standard InChI is InChI=1S/C12H12F2O/c1-8(2)6-7-11(15)12-9(13)4-3-5-10(12)14/h3-5H,1,6-7H2,2H3. The molecule has 0 amide bonds. The van der Waals surface area contributed by atoms with Crippen molar-refractivity contribution in [1.29, 1.82) is 0 Å². The summed E-state index contributed by atoms with van der Waals surface area (Å²) >= 11 is 0. The van der Waals surface area contributed by atoms with Crippen molar-refractivity contribution < 1.29 is 13.6 Å². The molecule has 1 nitrogen and oxygen atoms in total. The monoisotopic (exact) mass is 210 g/mol. The Hall–Kier alpha value is -1.51. The van der Waals surface area contributed by atoms with E-state index in [1.165, 1.54) is 6.07 Å². The van der Waals surface area contributed by atoms with Crippen molar-refractivity contribution in [1.82, 2.24) is 0 Å². The minimum absolute atomic E-state index is 0.0905. The van der Waals surface area contributed by atoms with Gasteiger partial charge < -0.3 is 0 Å². The highest BCUT2D eigenvalue weighted by molar-refractivity contribution is 5.96. The maximum atomic E-state index is 13.1. The van der Waals surface area contributed by atoms with Gasteiger partial charge >= 0.3 is 0 Å². The molecule has 1 aromatic carbocycles. The van der Waals surface area contributed by atoms with Crippen molar-refractivity contribution in [2.75, 3.05) is 0 Å². The first-order valence-corrected chi connectivity index (χ1v) is 4.64. The first-order valence-electron chi connectivity index (χ1n) is 4.64. The van der Waals surface area contributed by atoms with E-state index in [0.29, 0.717) is 6.42 Å². The third-order valence-electron chi connectivity index (χ3n) is 2.02. The highest BCUT2D eigenvalue weighted by Gasteiger charge is 2.16. The summed E-state index contributed by atoms with van der Waals surface area (Å²) in [6, 6.07) is 3.40. The van der Waals surface area contributed by atoms with Crippen LogP contribution in [0.1, 0.15) is 30.1 Å². The summed E-state index contributed by atoms with van der Waals surface area (Å²) in [5.41, 5.74) is 0.374. The quantitative estimate of drug-likeness (QED) is 0.549. The van der Waals surface area contributed by atoms with Gasteiger partial charge in [0, 0.05) is 6.42 Å². The Balaban J connectivity index is 2.86. The zero-order chi connectivity index (χ0) is 11.4. The van der Waals surface area contributed by atoms with E-state index in [2.05, 4.69) is 6.58 Å². The Labute approximate surface area is 87.4 Å². The van der Waals surface area contributed by atoms with Crippen molar-refractivity contribution in [3.05, 3.63) is 47.5 Å². The lowest BCUT2D eigenvalue weighted by molar-refractivity contribution is 0.0974. The highest BCUT2D eigenvalue weighted by Crippen LogP contribution is 2.16. The first-order chi connectivity index (χ1) is 7.02. The lowest BCUT2D eigenvalue weighted by Gasteiger charge is -2.03. The first kappa shape index (κ1) is 11.6. The van der Waals surface area contributed by atoms with Crippen LogP contribution >= 0.6 is 0 Å². The van der Waals surface area contributed by atoms with Crippen LogP contribution in [0.2, 0.25) is 0 Å². The molecule has 0 fully saturated rings. The van der Waals surface area contributed by atoms with E-state index in [0.717, 1.165) is 17.7 Å². The molecule has 0 aliphatic carbocycles. The summed E-state index contributed by atoms with van der Waals surface area (Å²) in [6.45, 7) is 5.39. The molecule has 80 valence electrons. The Kier molecular flexibility index (Phi) is 3.72. The van der Waals surface area contributed by atoms with Crippen molar-refractivity contribution >= 4 is 5.78 Å². The second kappa shape index (κ2) is 4.82. The van der Waals surface area contributed by atoms with Crippen LogP contribution in [-0.2, 0) is 0 Å². The molecule has 0 heterocycles. The fourth-order valence-electron chi connectivity index (χ4n) is 1.22. The van der Waals surface area contributed by atoms with Gasteiger partial charge in [-0.1, -0.05) is 11.6 Å². The molecular formula is C12H12F2O. The molecule has 0 atom stereocenters.